The maximum absolute atomic E-state index is 13.6. The minimum atomic E-state index is -0.224. The molecule has 2 aromatic carbocycles. The minimum absolute atomic E-state index is 0.194. The summed E-state index contributed by atoms with van der Waals surface area (Å²) >= 11 is 0. The van der Waals surface area contributed by atoms with Gasteiger partial charge in [0, 0.05) is 19.6 Å². The van der Waals surface area contributed by atoms with Gasteiger partial charge in [0.2, 0.25) is 0 Å². The molecule has 2 heterocycles. The van der Waals surface area contributed by atoms with Crippen molar-refractivity contribution in [1.29, 1.82) is 0 Å². The van der Waals surface area contributed by atoms with Crippen molar-refractivity contribution in [3.63, 3.8) is 0 Å². The number of rotatable bonds is 9. The largest absolute Gasteiger partial charge is 0.493 e. The quantitative estimate of drug-likeness (QED) is 0.420. The maximum atomic E-state index is 13.6. The van der Waals surface area contributed by atoms with Crippen molar-refractivity contribution in [2.24, 2.45) is 0 Å². The highest BCUT2D eigenvalue weighted by atomic mass is 16.5. The van der Waals surface area contributed by atoms with Crippen molar-refractivity contribution in [3.8, 4) is 11.5 Å². The van der Waals surface area contributed by atoms with E-state index in [1.807, 2.05) is 18.2 Å². The highest BCUT2D eigenvalue weighted by Crippen LogP contribution is 2.38. The van der Waals surface area contributed by atoms with E-state index in [0.29, 0.717) is 48.0 Å². The maximum Gasteiger partial charge on any atom is 0.277 e. The van der Waals surface area contributed by atoms with E-state index < -0.39 is 0 Å². The van der Waals surface area contributed by atoms with E-state index in [1.54, 1.807) is 26.4 Å². The standard InChI is InChI=1S/C27H32N2O4/c1-4-5-6-9-15-29-26(30)24(20-12-13-22(32-2)23(17-20)33-3)25(27(29)31)28-16-14-19-10-7-8-11-21(19)18-28/h7-8,10-13,17H,4-6,9,14-16,18H2,1-3H3. The molecule has 0 aliphatic carbocycles. The molecule has 2 aromatic rings. The Morgan fingerprint density at radius 3 is 2.36 bits per heavy atom. The Bertz CT molecular complexity index is 1080. The first-order valence-electron chi connectivity index (χ1n) is 11.7. The van der Waals surface area contributed by atoms with E-state index in [9.17, 15) is 9.59 Å². The number of fused-ring (bicyclic) bond motifs is 1. The highest BCUT2D eigenvalue weighted by molar-refractivity contribution is 6.35. The lowest BCUT2D eigenvalue weighted by Crippen LogP contribution is -2.37. The van der Waals surface area contributed by atoms with E-state index in [4.69, 9.17) is 9.47 Å². The minimum Gasteiger partial charge on any atom is -0.493 e. The summed E-state index contributed by atoms with van der Waals surface area (Å²) < 4.78 is 10.8. The molecule has 0 aromatic heterocycles. The van der Waals surface area contributed by atoms with Crippen LogP contribution in [0.25, 0.3) is 5.57 Å². The highest BCUT2D eigenvalue weighted by Gasteiger charge is 2.42. The second-order valence-electron chi connectivity index (χ2n) is 8.56. The molecule has 4 rings (SSSR count). The van der Waals surface area contributed by atoms with Gasteiger partial charge < -0.3 is 14.4 Å². The first kappa shape index (κ1) is 22.9. The van der Waals surface area contributed by atoms with Gasteiger partial charge >= 0.3 is 0 Å². The molecule has 0 saturated heterocycles. The Hall–Kier alpha value is -3.28. The fourth-order valence-corrected chi connectivity index (χ4v) is 4.69. The van der Waals surface area contributed by atoms with E-state index >= 15 is 0 Å². The summed E-state index contributed by atoms with van der Waals surface area (Å²) in [6.07, 6.45) is 4.88. The molecule has 2 aliphatic heterocycles. The summed E-state index contributed by atoms with van der Waals surface area (Å²) in [4.78, 5) is 30.7. The number of amides is 2. The van der Waals surface area contributed by atoms with Gasteiger partial charge in [-0.05, 0) is 41.7 Å². The van der Waals surface area contributed by atoms with Crippen LogP contribution in [0.15, 0.2) is 48.2 Å². The molecule has 0 radical (unpaired) electrons. The molecule has 0 bridgehead atoms. The van der Waals surface area contributed by atoms with Gasteiger partial charge in [-0.1, -0.05) is 56.5 Å². The van der Waals surface area contributed by atoms with Gasteiger partial charge in [-0.2, -0.15) is 0 Å². The third kappa shape index (κ3) is 4.47. The van der Waals surface area contributed by atoms with Crippen LogP contribution in [-0.4, -0.2) is 48.9 Å². The number of unbranched alkanes of at least 4 members (excludes halogenated alkanes) is 3. The molecule has 0 atom stereocenters. The van der Waals surface area contributed by atoms with Gasteiger partial charge in [0.25, 0.3) is 11.8 Å². The number of benzene rings is 2. The summed E-state index contributed by atoms with van der Waals surface area (Å²) in [5.74, 6) is 0.703. The Labute approximate surface area is 195 Å². The predicted molar refractivity (Wildman–Crippen MR) is 128 cm³/mol. The average Bonchev–Trinajstić information content (AvgIpc) is 3.10. The fraction of sp³-hybridized carbons (Fsp3) is 0.407. The zero-order chi connectivity index (χ0) is 23.4. The lowest BCUT2D eigenvalue weighted by molar-refractivity contribution is -0.137. The van der Waals surface area contributed by atoms with Crippen molar-refractivity contribution in [2.75, 3.05) is 27.3 Å². The summed E-state index contributed by atoms with van der Waals surface area (Å²) in [5, 5.41) is 0. The first-order chi connectivity index (χ1) is 16.1. The number of ether oxygens (including phenoxy) is 2. The van der Waals surface area contributed by atoms with Gasteiger partial charge in [0.1, 0.15) is 5.70 Å². The van der Waals surface area contributed by atoms with Gasteiger partial charge in [0.05, 0.1) is 19.8 Å². The Kier molecular flexibility index (Phi) is 7.02. The molecule has 0 saturated carbocycles. The molecule has 0 fully saturated rings. The van der Waals surface area contributed by atoms with Gasteiger partial charge in [-0.25, -0.2) is 0 Å². The third-order valence-electron chi connectivity index (χ3n) is 6.50. The van der Waals surface area contributed by atoms with Crippen molar-refractivity contribution in [3.05, 3.63) is 64.9 Å². The van der Waals surface area contributed by atoms with Gasteiger partial charge in [0.15, 0.2) is 11.5 Å². The summed E-state index contributed by atoms with van der Waals surface area (Å²) in [5.41, 5.74) is 4.13. The van der Waals surface area contributed by atoms with Crippen molar-refractivity contribution in [1.82, 2.24) is 9.80 Å². The van der Waals surface area contributed by atoms with Crippen LogP contribution in [0.5, 0.6) is 11.5 Å². The fourth-order valence-electron chi connectivity index (χ4n) is 4.69. The van der Waals surface area contributed by atoms with E-state index in [0.717, 1.165) is 32.1 Å². The SMILES string of the molecule is CCCCCCN1C(=O)C(c2ccc(OC)c(OC)c2)=C(N2CCc3ccccc3C2)C1=O. The summed E-state index contributed by atoms with van der Waals surface area (Å²) in [6.45, 7) is 3.91. The van der Waals surface area contributed by atoms with Gasteiger partial charge in [-0.3, -0.25) is 14.5 Å². The molecule has 0 unspecified atom stereocenters. The Morgan fingerprint density at radius 2 is 1.64 bits per heavy atom. The Balaban J connectivity index is 1.73. The monoisotopic (exact) mass is 448 g/mol. The number of nitrogens with zero attached hydrogens (tertiary/aromatic N) is 2. The smallest absolute Gasteiger partial charge is 0.277 e. The third-order valence-corrected chi connectivity index (χ3v) is 6.50. The van der Waals surface area contributed by atoms with E-state index in [-0.39, 0.29) is 11.8 Å². The number of imide groups is 1. The normalized spacial score (nSPS) is 15.8. The van der Waals surface area contributed by atoms with Crippen LogP contribution in [0, 0.1) is 0 Å². The molecular formula is C27H32N2O4. The predicted octanol–water partition coefficient (Wildman–Crippen LogP) is 4.42. The van der Waals surface area contributed by atoms with Crippen LogP contribution >= 0.6 is 0 Å². The van der Waals surface area contributed by atoms with Crippen molar-refractivity contribution < 1.29 is 19.1 Å². The molecule has 0 N–H and O–H groups in total. The summed E-state index contributed by atoms with van der Waals surface area (Å²) in [7, 11) is 3.15. The number of hydrogen-bond acceptors (Lipinski definition) is 5. The summed E-state index contributed by atoms with van der Waals surface area (Å²) in [6, 6.07) is 13.7. The average molecular weight is 449 g/mol. The van der Waals surface area contributed by atoms with E-state index in [2.05, 4.69) is 24.0 Å². The molecule has 6 nitrogen and oxygen atoms in total. The molecule has 0 spiro atoms. The number of carbonyl (C=O) groups excluding carboxylic acids is 2. The first-order valence-corrected chi connectivity index (χ1v) is 11.7. The number of hydrogen-bond donors (Lipinski definition) is 0. The molecular weight excluding hydrogens is 416 g/mol. The molecule has 33 heavy (non-hydrogen) atoms. The lowest BCUT2D eigenvalue weighted by atomic mass is 9.97. The van der Waals surface area contributed by atoms with Crippen LogP contribution in [0.1, 0.15) is 49.3 Å². The zero-order valence-corrected chi connectivity index (χ0v) is 19.7. The van der Waals surface area contributed by atoms with Gasteiger partial charge in [-0.15, -0.1) is 0 Å². The van der Waals surface area contributed by atoms with Crippen LogP contribution in [0.4, 0.5) is 0 Å². The molecule has 2 aliphatic rings. The number of carbonyl (C=O) groups is 2. The molecule has 2 amide bonds. The lowest BCUT2D eigenvalue weighted by Gasteiger charge is -2.31. The number of methoxy groups -OCH3 is 2. The van der Waals surface area contributed by atoms with Crippen LogP contribution < -0.4 is 9.47 Å². The van der Waals surface area contributed by atoms with Crippen molar-refractivity contribution in [2.45, 2.75) is 45.6 Å². The second kappa shape index (κ2) is 10.1. The zero-order valence-electron chi connectivity index (χ0n) is 19.7. The molecule has 174 valence electrons. The molecule has 6 heteroatoms. The van der Waals surface area contributed by atoms with Crippen molar-refractivity contribution >= 4 is 17.4 Å². The second-order valence-corrected chi connectivity index (χ2v) is 8.56. The van der Waals surface area contributed by atoms with Crippen LogP contribution in [0.2, 0.25) is 0 Å². The van der Waals surface area contributed by atoms with Crippen LogP contribution in [0.3, 0.4) is 0 Å². The van der Waals surface area contributed by atoms with Crippen LogP contribution in [-0.2, 0) is 22.6 Å². The van der Waals surface area contributed by atoms with E-state index in [1.165, 1.54) is 16.0 Å². The topological polar surface area (TPSA) is 59.1 Å². The Morgan fingerprint density at radius 1 is 0.879 bits per heavy atom.